The van der Waals surface area contributed by atoms with Gasteiger partial charge in [0.15, 0.2) is 5.96 Å². The molecule has 8 nitrogen and oxygen atoms in total. The quantitative estimate of drug-likeness (QED) is 0.168. The summed E-state index contributed by atoms with van der Waals surface area (Å²) < 4.78 is 37.0. The molecule has 1 rings (SSSR count). The van der Waals surface area contributed by atoms with Gasteiger partial charge in [0.2, 0.25) is 10.0 Å². The van der Waals surface area contributed by atoms with Gasteiger partial charge >= 0.3 is 0 Å². The summed E-state index contributed by atoms with van der Waals surface area (Å²) in [4.78, 5) is 4.08. The van der Waals surface area contributed by atoms with E-state index in [9.17, 15) is 8.42 Å². The highest BCUT2D eigenvalue weighted by Crippen LogP contribution is 2.14. The standard InChI is InChI=1S/C14H26N4O4S2.HI/c1-15-14(16-6-4-9-22-11-10-21-2)17-7-8-18-24(19,20)13-5-3-12-23-13;/h3,5,12,18H,4,6-11H2,1-2H3,(H2,15,16,17);1H. The number of aliphatic imine (C=N–C) groups is 1. The van der Waals surface area contributed by atoms with Crippen LogP contribution >= 0.6 is 35.3 Å². The Morgan fingerprint density at radius 3 is 2.60 bits per heavy atom. The monoisotopic (exact) mass is 506 g/mol. The van der Waals surface area contributed by atoms with E-state index in [2.05, 4.69) is 20.3 Å². The van der Waals surface area contributed by atoms with Crippen molar-refractivity contribution in [2.75, 3.05) is 53.6 Å². The topological polar surface area (TPSA) is 101 Å². The highest BCUT2D eigenvalue weighted by atomic mass is 127. The maximum absolute atomic E-state index is 11.9. The molecule has 0 aliphatic carbocycles. The van der Waals surface area contributed by atoms with Gasteiger partial charge in [-0.15, -0.1) is 35.3 Å². The van der Waals surface area contributed by atoms with Crippen molar-refractivity contribution in [2.24, 2.45) is 4.99 Å². The first-order valence-corrected chi connectivity index (χ1v) is 10.0. The minimum absolute atomic E-state index is 0. The molecular weight excluding hydrogens is 479 g/mol. The molecule has 0 unspecified atom stereocenters. The lowest BCUT2D eigenvalue weighted by atomic mass is 10.4. The van der Waals surface area contributed by atoms with Crippen LogP contribution in [0.25, 0.3) is 0 Å². The van der Waals surface area contributed by atoms with Crippen LogP contribution in [0.4, 0.5) is 0 Å². The molecule has 0 radical (unpaired) electrons. The fourth-order valence-electron chi connectivity index (χ4n) is 1.70. The number of ether oxygens (including phenoxy) is 2. The van der Waals surface area contributed by atoms with Gasteiger partial charge in [-0.05, 0) is 17.9 Å². The summed E-state index contributed by atoms with van der Waals surface area (Å²) >= 11 is 1.19. The van der Waals surface area contributed by atoms with Crippen LogP contribution in [-0.4, -0.2) is 68.0 Å². The second-order valence-electron chi connectivity index (χ2n) is 4.71. The number of hydrogen-bond donors (Lipinski definition) is 3. The molecule has 1 heterocycles. The van der Waals surface area contributed by atoms with Crippen molar-refractivity contribution >= 4 is 51.3 Å². The first-order valence-electron chi connectivity index (χ1n) is 7.64. The van der Waals surface area contributed by atoms with Crippen LogP contribution in [0.2, 0.25) is 0 Å². The molecule has 146 valence electrons. The van der Waals surface area contributed by atoms with Crippen molar-refractivity contribution in [1.82, 2.24) is 15.4 Å². The molecule has 0 aromatic carbocycles. The summed E-state index contributed by atoms with van der Waals surface area (Å²) in [5, 5.41) is 7.92. The normalized spacial score (nSPS) is 11.8. The number of nitrogens with one attached hydrogen (secondary N) is 3. The predicted molar refractivity (Wildman–Crippen MR) is 112 cm³/mol. The van der Waals surface area contributed by atoms with Gasteiger partial charge in [0.1, 0.15) is 4.21 Å². The second-order valence-corrected chi connectivity index (χ2v) is 7.66. The van der Waals surface area contributed by atoms with Crippen molar-refractivity contribution in [3.8, 4) is 0 Å². The summed E-state index contributed by atoms with van der Waals surface area (Å²) in [6.07, 6.45) is 0.843. The van der Waals surface area contributed by atoms with Gasteiger partial charge in [0.05, 0.1) is 13.2 Å². The summed E-state index contributed by atoms with van der Waals surface area (Å²) in [6.45, 7) is 3.27. The molecule has 3 N–H and O–H groups in total. The Morgan fingerprint density at radius 1 is 1.20 bits per heavy atom. The number of sulfonamides is 1. The van der Waals surface area contributed by atoms with Crippen molar-refractivity contribution in [3.63, 3.8) is 0 Å². The lowest BCUT2D eigenvalue weighted by Crippen LogP contribution is -2.41. The van der Waals surface area contributed by atoms with Gasteiger partial charge in [0, 0.05) is 40.4 Å². The van der Waals surface area contributed by atoms with Gasteiger partial charge in [-0.2, -0.15) is 0 Å². The molecule has 11 heteroatoms. The minimum atomic E-state index is -3.41. The van der Waals surface area contributed by atoms with E-state index in [1.165, 1.54) is 11.3 Å². The Labute approximate surface area is 170 Å². The largest absolute Gasteiger partial charge is 0.382 e. The van der Waals surface area contributed by atoms with E-state index in [0.717, 1.165) is 6.42 Å². The van der Waals surface area contributed by atoms with Crippen LogP contribution < -0.4 is 15.4 Å². The Hall–Kier alpha value is -0.470. The maximum Gasteiger partial charge on any atom is 0.250 e. The Balaban J connectivity index is 0.00000576. The Kier molecular flexibility index (Phi) is 14.4. The van der Waals surface area contributed by atoms with Crippen molar-refractivity contribution < 1.29 is 17.9 Å². The molecule has 0 bridgehead atoms. The third kappa shape index (κ3) is 11.0. The van der Waals surface area contributed by atoms with Gasteiger partial charge in [0.25, 0.3) is 0 Å². The zero-order chi connectivity index (χ0) is 17.7. The highest BCUT2D eigenvalue weighted by molar-refractivity contribution is 14.0. The highest BCUT2D eigenvalue weighted by Gasteiger charge is 2.13. The van der Waals surface area contributed by atoms with E-state index < -0.39 is 10.0 Å². The molecule has 25 heavy (non-hydrogen) atoms. The molecule has 0 fully saturated rings. The van der Waals surface area contributed by atoms with Gasteiger partial charge in [-0.25, -0.2) is 13.1 Å². The van der Waals surface area contributed by atoms with E-state index in [1.807, 2.05) is 0 Å². The van der Waals surface area contributed by atoms with E-state index in [-0.39, 0.29) is 30.5 Å². The molecule has 0 aliphatic heterocycles. The SMILES string of the molecule is CN=C(NCCCOCCOC)NCCNS(=O)(=O)c1cccs1.I. The van der Waals surface area contributed by atoms with E-state index >= 15 is 0 Å². The second kappa shape index (κ2) is 14.7. The fraction of sp³-hybridized carbons (Fsp3) is 0.643. The Bertz CT molecular complexity index is 567. The lowest BCUT2D eigenvalue weighted by molar-refractivity contribution is 0.0698. The summed E-state index contributed by atoms with van der Waals surface area (Å²) in [6, 6.07) is 3.29. The number of nitrogens with zero attached hydrogens (tertiary/aromatic N) is 1. The van der Waals surface area contributed by atoms with Gasteiger partial charge in [-0.3, -0.25) is 4.99 Å². The molecule has 0 saturated heterocycles. The molecule has 0 amide bonds. The maximum atomic E-state index is 11.9. The zero-order valence-corrected chi connectivity index (χ0v) is 18.5. The number of guanidine groups is 1. The van der Waals surface area contributed by atoms with Crippen LogP contribution in [0.5, 0.6) is 0 Å². The number of thiophene rings is 1. The number of halogens is 1. The minimum Gasteiger partial charge on any atom is -0.382 e. The van der Waals surface area contributed by atoms with Gasteiger partial charge in [-0.1, -0.05) is 6.07 Å². The predicted octanol–water partition coefficient (Wildman–Crippen LogP) is 0.863. The van der Waals surface area contributed by atoms with E-state index in [0.29, 0.717) is 43.1 Å². The van der Waals surface area contributed by atoms with Crippen LogP contribution in [0.1, 0.15) is 6.42 Å². The number of hydrogen-bond acceptors (Lipinski definition) is 6. The van der Waals surface area contributed by atoms with Crippen LogP contribution in [0.3, 0.4) is 0 Å². The summed E-state index contributed by atoms with van der Waals surface area (Å²) in [5.41, 5.74) is 0. The molecule has 0 spiro atoms. The summed E-state index contributed by atoms with van der Waals surface area (Å²) in [7, 11) is -0.105. The Morgan fingerprint density at radius 2 is 1.96 bits per heavy atom. The zero-order valence-electron chi connectivity index (χ0n) is 14.5. The lowest BCUT2D eigenvalue weighted by Gasteiger charge is -2.12. The average molecular weight is 506 g/mol. The fourth-order valence-corrected chi connectivity index (χ4v) is 3.77. The third-order valence-electron chi connectivity index (χ3n) is 2.88. The molecule has 1 aromatic rings. The van der Waals surface area contributed by atoms with Crippen LogP contribution in [0.15, 0.2) is 26.7 Å². The van der Waals surface area contributed by atoms with Crippen LogP contribution in [-0.2, 0) is 19.5 Å². The van der Waals surface area contributed by atoms with Crippen LogP contribution in [0, 0.1) is 0 Å². The van der Waals surface area contributed by atoms with Crippen molar-refractivity contribution in [1.29, 1.82) is 0 Å². The first kappa shape index (κ1) is 24.5. The molecular formula is C14H27IN4O4S2. The molecule has 1 aromatic heterocycles. The van der Waals surface area contributed by atoms with E-state index in [1.54, 1.807) is 31.7 Å². The summed E-state index contributed by atoms with van der Waals surface area (Å²) in [5.74, 6) is 0.627. The molecule has 0 atom stereocenters. The third-order valence-corrected chi connectivity index (χ3v) is 5.74. The molecule has 0 aliphatic rings. The number of methoxy groups -OCH3 is 1. The smallest absolute Gasteiger partial charge is 0.250 e. The van der Waals surface area contributed by atoms with E-state index in [4.69, 9.17) is 9.47 Å². The van der Waals surface area contributed by atoms with Crippen molar-refractivity contribution in [3.05, 3.63) is 17.5 Å². The average Bonchev–Trinajstić information content (AvgIpc) is 3.11. The van der Waals surface area contributed by atoms with Crippen molar-refractivity contribution in [2.45, 2.75) is 10.6 Å². The molecule has 0 saturated carbocycles. The number of rotatable bonds is 12. The first-order chi connectivity index (χ1) is 11.6. The van der Waals surface area contributed by atoms with Gasteiger partial charge < -0.3 is 20.1 Å².